The van der Waals surface area contributed by atoms with E-state index in [2.05, 4.69) is 5.32 Å². The van der Waals surface area contributed by atoms with E-state index in [0.717, 1.165) is 16.9 Å². The van der Waals surface area contributed by atoms with Gasteiger partial charge in [0, 0.05) is 13.1 Å². The number of fused-ring (bicyclic) bond motifs is 1. The molecule has 1 N–H and O–H groups in total. The molecule has 4 atom stereocenters. The largest absolute Gasteiger partial charge is 0.497 e. The second kappa shape index (κ2) is 7.24. The maximum atomic E-state index is 13.4. The van der Waals surface area contributed by atoms with Crippen LogP contribution in [0.15, 0.2) is 66.7 Å². The van der Waals surface area contributed by atoms with Crippen molar-refractivity contribution in [2.75, 3.05) is 13.7 Å². The normalized spacial score (nSPS) is 30.5. The second-order valence-electron chi connectivity index (χ2n) is 8.78. The van der Waals surface area contributed by atoms with Gasteiger partial charge in [0.15, 0.2) is 0 Å². The highest BCUT2D eigenvalue weighted by molar-refractivity contribution is 5.93. The molecule has 2 saturated heterocycles. The first-order chi connectivity index (χ1) is 14.9. The molecule has 2 unspecified atom stereocenters. The topological polar surface area (TPSA) is 67.9 Å². The van der Waals surface area contributed by atoms with Gasteiger partial charge in [0.2, 0.25) is 11.8 Å². The SMILES string of the molecule is COc1ccc(CNC(=O)C2[C@H]3C(=O)N(Cc4ccccc4)CC34C=C[C@]2(C)O4)cc1. The van der Waals surface area contributed by atoms with Crippen LogP contribution < -0.4 is 10.1 Å². The third-order valence-electron chi connectivity index (χ3n) is 6.72. The monoisotopic (exact) mass is 418 g/mol. The van der Waals surface area contributed by atoms with E-state index < -0.39 is 23.0 Å². The molecule has 6 heteroatoms. The number of nitrogens with zero attached hydrogens (tertiary/aromatic N) is 1. The summed E-state index contributed by atoms with van der Waals surface area (Å²) in [7, 11) is 1.62. The summed E-state index contributed by atoms with van der Waals surface area (Å²) < 4.78 is 11.6. The lowest BCUT2D eigenvalue weighted by Gasteiger charge is -2.29. The van der Waals surface area contributed by atoms with Gasteiger partial charge in [0.1, 0.15) is 11.4 Å². The lowest BCUT2D eigenvalue weighted by atomic mass is 9.72. The van der Waals surface area contributed by atoms with E-state index in [9.17, 15) is 9.59 Å². The Labute approximate surface area is 181 Å². The molecule has 0 radical (unpaired) electrons. The van der Waals surface area contributed by atoms with Crippen LogP contribution in [0.1, 0.15) is 18.1 Å². The Bertz CT molecular complexity index is 1040. The highest BCUT2D eigenvalue weighted by atomic mass is 16.5. The Hall–Kier alpha value is -3.12. The van der Waals surface area contributed by atoms with Crippen LogP contribution in [-0.4, -0.2) is 41.6 Å². The van der Waals surface area contributed by atoms with E-state index in [4.69, 9.17) is 9.47 Å². The number of likely N-dealkylation sites (tertiary alicyclic amines) is 1. The Kier molecular flexibility index (Phi) is 4.63. The number of amides is 2. The molecule has 2 amide bonds. The molecule has 160 valence electrons. The molecule has 5 rings (SSSR count). The first kappa shape index (κ1) is 19.8. The van der Waals surface area contributed by atoms with Crippen molar-refractivity contribution in [2.24, 2.45) is 11.8 Å². The number of nitrogens with one attached hydrogen (secondary N) is 1. The molecule has 0 aliphatic carbocycles. The van der Waals surface area contributed by atoms with E-state index in [-0.39, 0.29) is 11.8 Å². The minimum atomic E-state index is -0.761. The molecule has 31 heavy (non-hydrogen) atoms. The van der Waals surface area contributed by atoms with Gasteiger partial charge in [-0.05, 0) is 30.2 Å². The smallest absolute Gasteiger partial charge is 0.230 e. The van der Waals surface area contributed by atoms with Crippen LogP contribution in [0.4, 0.5) is 0 Å². The molecule has 2 aromatic carbocycles. The molecular weight excluding hydrogens is 392 g/mol. The maximum Gasteiger partial charge on any atom is 0.230 e. The van der Waals surface area contributed by atoms with E-state index in [1.54, 1.807) is 7.11 Å². The summed E-state index contributed by atoms with van der Waals surface area (Å²) in [5.41, 5.74) is 0.556. The van der Waals surface area contributed by atoms with Crippen LogP contribution in [-0.2, 0) is 27.4 Å². The van der Waals surface area contributed by atoms with Gasteiger partial charge in [-0.25, -0.2) is 0 Å². The summed E-state index contributed by atoms with van der Waals surface area (Å²) in [6.07, 6.45) is 3.95. The fourth-order valence-electron chi connectivity index (χ4n) is 5.23. The number of hydrogen-bond donors (Lipinski definition) is 1. The minimum absolute atomic E-state index is 0.0125. The molecule has 0 saturated carbocycles. The zero-order valence-corrected chi connectivity index (χ0v) is 17.7. The van der Waals surface area contributed by atoms with Crippen LogP contribution in [0.2, 0.25) is 0 Å². The summed E-state index contributed by atoms with van der Waals surface area (Å²) in [6.45, 7) is 3.29. The zero-order chi connectivity index (χ0) is 21.6. The van der Waals surface area contributed by atoms with Gasteiger partial charge in [0.05, 0.1) is 31.1 Å². The number of ether oxygens (including phenoxy) is 2. The Balaban J connectivity index is 1.33. The summed E-state index contributed by atoms with van der Waals surface area (Å²) in [6, 6.07) is 17.5. The highest BCUT2D eigenvalue weighted by Crippen LogP contribution is 2.57. The van der Waals surface area contributed by atoms with Crippen molar-refractivity contribution in [3.8, 4) is 5.75 Å². The maximum absolute atomic E-state index is 13.4. The molecule has 0 aromatic heterocycles. The van der Waals surface area contributed by atoms with E-state index >= 15 is 0 Å². The van der Waals surface area contributed by atoms with E-state index in [0.29, 0.717) is 19.6 Å². The average Bonchev–Trinajstić information content (AvgIpc) is 3.35. The quantitative estimate of drug-likeness (QED) is 0.733. The van der Waals surface area contributed by atoms with Crippen molar-refractivity contribution in [3.05, 3.63) is 77.9 Å². The van der Waals surface area contributed by atoms with Crippen LogP contribution in [0.25, 0.3) is 0 Å². The summed E-state index contributed by atoms with van der Waals surface area (Å²) in [5, 5.41) is 3.02. The van der Waals surface area contributed by atoms with Crippen molar-refractivity contribution in [2.45, 2.75) is 31.2 Å². The number of rotatable bonds is 6. The molecule has 3 aliphatic heterocycles. The average molecular weight is 418 g/mol. The third-order valence-corrected chi connectivity index (χ3v) is 6.72. The Morgan fingerprint density at radius 2 is 1.87 bits per heavy atom. The van der Waals surface area contributed by atoms with Gasteiger partial charge in [-0.2, -0.15) is 0 Å². The summed E-state index contributed by atoms with van der Waals surface area (Å²) >= 11 is 0. The van der Waals surface area contributed by atoms with E-state index in [1.165, 1.54) is 0 Å². The first-order valence-electron chi connectivity index (χ1n) is 10.6. The van der Waals surface area contributed by atoms with Gasteiger partial charge >= 0.3 is 0 Å². The van der Waals surface area contributed by atoms with Crippen LogP contribution in [0.3, 0.4) is 0 Å². The molecule has 3 heterocycles. The van der Waals surface area contributed by atoms with Gasteiger partial charge in [-0.15, -0.1) is 0 Å². The molecule has 3 aliphatic rings. The molecule has 2 bridgehead atoms. The summed E-state index contributed by atoms with van der Waals surface area (Å²) in [4.78, 5) is 28.5. The molecule has 1 spiro atoms. The lowest BCUT2D eigenvalue weighted by Crippen LogP contribution is -2.47. The highest BCUT2D eigenvalue weighted by Gasteiger charge is 2.71. The van der Waals surface area contributed by atoms with Crippen molar-refractivity contribution in [3.63, 3.8) is 0 Å². The Morgan fingerprint density at radius 1 is 1.13 bits per heavy atom. The van der Waals surface area contributed by atoms with Crippen LogP contribution in [0.5, 0.6) is 5.75 Å². The second-order valence-corrected chi connectivity index (χ2v) is 8.78. The predicted molar refractivity (Wildman–Crippen MR) is 115 cm³/mol. The van der Waals surface area contributed by atoms with Gasteiger partial charge in [-0.3, -0.25) is 9.59 Å². The lowest BCUT2D eigenvalue weighted by molar-refractivity contribution is -0.139. The predicted octanol–water partition coefficient (Wildman–Crippen LogP) is 2.68. The number of carbonyl (C=O) groups excluding carboxylic acids is 2. The van der Waals surface area contributed by atoms with Crippen molar-refractivity contribution >= 4 is 11.8 Å². The van der Waals surface area contributed by atoms with Crippen LogP contribution >= 0.6 is 0 Å². The fourth-order valence-corrected chi connectivity index (χ4v) is 5.23. The molecule has 6 nitrogen and oxygen atoms in total. The van der Waals surface area contributed by atoms with Crippen LogP contribution in [0, 0.1) is 11.8 Å². The first-order valence-corrected chi connectivity index (χ1v) is 10.6. The fraction of sp³-hybridized carbons (Fsp3) is 0.360. The Morgan fingerprint density at radius 3 is 2.58 bits per heavy atom. The van der Waals surface area contributed by atoms with Gasteiger partial charge < -0.3 is 19.7 Å². The number of methoxy groups -OCH3 is 1. The van der Waals surface area contributed by atoms with Gasteiger partial charge in [-0.1, -0.05) is 54.6 Å². The number of carbonyl (C=O) groups is 2. The third kappa shape index (κ3) is 3.22. The number of benzene rings is 2. The van der Waals surface area contributed by atoms with Crippen molar-refractivity contribution in [1.29, 1.82) is 0 Å². The summed E-state index contributed by atoms with van der Waals surface area (Å²) in [5.74, 6) is -0.441. The minimum Gasteiger partial charge on any atom is -0.497 e. The zero-order valence-electron chi connectivity index (χ0n) is 17.7. The molecular formula is C25H26N2O4. The van der Waals surface area contributed by atoms with Gasteiger partial charge in [0.25, 0.3) is 0 Å². The standard InChI is InChI=1S/C25H26N2O4/c1-24-12-13-25(31-24)16-27(15-18-6-4-3-5-7-18)23(29)21(25)20(24)22(28)26-14-17-8-10-19(30-2)11-9-17/h3-13,20-21H,14-16H2,1-2H3,(H,26,28)/t20?,21-,24-,25?/m0/s1. The van der Waals surface area contributed by atoms with Crippen molar-refractivity contribution < 1.29 is 19.1 Å². The molecule has 2 aromatic rings. The molecule has 2 fully saturated rings. The van der Waals surface area contributed by atoms with E-state index in [1.807, 2.05) is 78.6 Å². The van der Waals surface area contributed by atoms with Crippen molar-refractivity contribution in [1.82, 2.24) is 10.2 Å². The number of hydrogen-bond acceptors (Lipinski definition) is 4.